The summed E-state index contributed by atoms with van der Waals surface area (Å²) in [5, 5.41) is 5.89. The Morgan fingerprint density at radius 3 is 2.94 bits per heavy atom. The first-order valence-electron chi connectivity index (χ1n) is 4.62. The van der Waals surface area contributed by atoms with Crippen LogP contribution in [0, 0.1) is 0 Å². The number of aromatic nitrogens is 2. The highest BCUT2D eigenvalue weighted by Gasteiger charge is 2.14. The van der Waals surface area contributed by atoms with E-state index in [1.54, 1.807) is 0 Å². The minimum absolute atomic E-state index is 0.00516. The highest BCUT2D eigenvalue weighted by atomic mass is 32.2. The van der Waals surface area contributed by atoms with E-state index in [2.05, 4.69) is 19.7 Å². The van der Waals surface area contributed by atoms with Gasteiger partial charge in [0.2, 0.25) is 0 Å². The van der Waals surface area contributed by atoms with Gasteiger partial charge in [0.05, 0.1) is 13.3 Å². The second-order valence-electron chi connectivity index (χ2n) is 3.00. The molecule has 1 aromatic heterocycles. The maximum Gasteiger partial charge on any atom is 0.305 e. The van der Waals surface area contributed by atoms with Crippen LogP contribution in [-0.4, -0.2) is 38.2 Å². The van der Waals surface area contributed by atoms with Crippen LogP contribution >= 0.6 is 0 Å². The Bertz CT molecular complexity index is 426. The lowest BCUT2D eigenvalue weighted by molar-refractivity contribution is -0.140. The number of esters is 1. The minimum atomic E-state index is -3.54. The maximum atomic E-state index is 11.5. The van der Waals surface area contributed by atoms with Crippen LogP contribution < -0.4 is 4.72 Å². The van der Waals surface area contributed by atoms with Gasteiger partial charge in [-0.3, -0.25) is 9.89 Å². The molecule has 0 aliphatic rings. The zero-order valence-electron chi connectivity index (χ0n) is 8.76. The van der Waals surface area contributed by atoms with Crippen LogP contribution in [0.2, 0.25) is 0 Å². The Morgan fingerprint density at radius 2 is 2.38 bits per heavy atom. The number of sulfonamides is 1. The molecule has 7 nitrogen and oxygen atoms in total. The Hall–Kier alpha value is -1.41. The van der Waals surface area contributed by atoms with Gasteiger partial charge in [-0.05, 0) is 12.5 Å². The molecule has 0 aromatic carbocycles. The molecule has 90 valence electrons. The fraction of sp³-hybridized carbons (Fsp3) is 0.500. The summed E-state index contributed by atoms with van der Waals surface area (Å²) in [4.78, 5) is 10.7. The smallest absolute Gasteiger partial charge is 0.305 e. The lowest BCUT2D eigenvalue weighted by Gasteiger charge is -2.03. The molecular weight excluding hydrogens is 234 g/mol. The summed E-state index contributed by atoms with van der Waals surface area (Å²) in [7, 11) is -2.25. The third kappa shape index (κ3) is 3.63. The third-order valence-electron chi connectivity index (χ3n) is 1.84. The highest BCUT2D eigenvalue weighted by Crippen LogP contribution is 2.02. The predicted octanol–water partition coefficient (Wildman–Crippen LogP) is -0.359. The lowest BCUT2D eigenvalue weighted by Crippen LogP contribution is -2.25. The first kappa shape index (κ1) is 12.7. The third-order valence-corrected chi connectivity index (χ3v) is 3.23. The number of nitrogens with zero attached hydrogens (tertiary/aromatic N) is 1. The molecule has 0 bridgehead atoms. The Kier molecular flexibility index (Phi) is 4.44. The Morgan fingerprint density at radius 1 is 1.62 bits per heavy atom. The summed E-state index contributed by atoms with van der Waals surface area (Å²) in [6.07, 6.45) is 1.92. The van der Waals surface area contributed by atoms with Crippen molar-refractivity contribution in [2.45, 2.75) is 17.9 Å². The molecule has 16 heavy (non-hydrogen) atoms. The van der Waals surface area contributed by atoms with E-state index in [1.807, 2.05) is 0 Å². The maximum absolute atomic E-state index is 11.5. The molecular formula is C8H13N3O4S. The highest BCUT2D eigenvalue weighted by molar-refractivity contribution is 7.89. The van der Waals surface area contributed by atoms with Crippen molar-refractivity contribution in [2.24, 2.45) is 0 Å². The van der Waals surface area contributed by atoms with Gasteiger partial charge < -0.3 is 4.74 Å². The lowest BCUT2D eigenvalue weighted by atomic mass is 10.3. The van der Waals surface area contributed by atoms with Crippen LogP contribution in [0.25, 0.3) is 0 Å². The first-order chi connectivity index (χ1) is 7.56. The SMILES string of the molecule is COC(=O)CCCNS(=O)(=O)c1ccn[nH]1. The monoisotopic (exact) mass is 247 g/mol. The number of nitrogens with one attached hydrogen (secondary N) is 2. The van der Waals surface area contributed by atoms with Crippen LogP contribution in [0.1, 0.15) is 12.8 Å². The fourth-order valence-corrected chi connectivity index (χ4v) is 1.99. The average molecular weight is 247 g/mol. The topological polar surface area (TPSA) is 101 Å². The number of carbonyl (C=O) groups is 1. The van der Waals surface area contributed by atoms with Crippen molar-refractivity contribution < 1.29 is 17.9 Å². The van der Waals surface area contributed by atoms with Gasteiger partial charge in [0.25, 0.3) is 10.0 Å². The largest absolute Gasteiger partial charge is 0.469 e. The van der Waals surface area contributed by atoms with Crippen molar-refractivity contribution in [2.75, 3.05) is 13.7 Å². The molecule has 0 atom stereocenters. The van der Waals surface area contributed by atoms with Gasteiger partial charge in [0.1, 0.15) is 0 Å². The molecule has 0 aliphatic heterocycles. The molecule has 0 aliphatic carbocycles. The number of ether oxygens (including phenoxy) is 1. The van der Waals surface area contributed by atoms with Crippen molar-refractivity contribution in [1.82, 2.24) is 14.9 Å². The van der Waals surface area contributed by atoms with Crippen molar-refractivity contribution in [3.8, 4) is 0 Å². The van der Waals surface area contributed by atoms with Crippen LogP contribution in [0.3, 0.4) is 0 Å². The van der Waals surface area contributed by atoms with Gasteiger partial charge in [-0.25, -0.2) is 13.1 Å². The summed E-state index contributed by atoms with van der Waals surface area (Å²) in [5.41, 5.74) is 0. The molecule has 0 amide bonds. The van der Waals surface area contributed by atoms with Crippen molar-refractivity contribution in [3.63, 3.8) is 0 Å². The number of methoxy groups -OCH3 is 1. The van der Waals surface area contributed by atoms with E-state index in [0.717, 1.165) is 0 Å². The number of H-pyrrole nitrogens is 1. The summed E-state index contributed by atoms with van der Waals surface area (Å²) < 4.78 is 29.8. The normalized spacial score (nSPS) is 11.3. The molecule has 0 unspecified atom stereocenters. The van der Waals surface area contributed by atoms with E-state index >= 15 is 0 Å². The van der Waals surface area contributed by atoms with E-state index in [9.17, 15) is 13.2 Å². The Labute approximate surface area is 93.2 Å². The molecule has 0 saturated heterocycles. The molecule has 0 spiro atoms. The number of hydrogen-bond acceptors (Lipinski definition) is 5. The van der Waals surface area contributed by atoms with Gasteiger partial charge in [0.15, 0.2) is 5.03 Å². The number of carbonyl (C=O) groups excluding carboxylic acids is 1. The summed E-state index contributed by atoms with van der Waals surface area (Å²) in [6, 6.07) is 1.35. The minimum Gasteiger partial charge on any atom is -0.469 e. The quantitative estimate of drug-likeness (QED) is 0.528. The zero-order chi connectivity index (χ0) is 12.0. The first-order valence-corrected chi connectivity index (χ1v) is 6.10. The van der Waals surface area contributed by atoms with Gasteiger partial charge in [-0.1, -0.05) is 0 Å². The molecule has 0 saturated carbocycles. The standard InChI is InChI=1S/C8H13N3O4S/c1-15-8(12)3-2-5-10-16(13,14)7-4-6-9-11-7/h4,6,10H,2-3,5H2,1H3,(H,9,11). The molecule has 2 N–H and O–H groups in total. The number of aromatic amines is 1. The molecule has 8 heteroatoms. The Balaban J connectivity index is 2.36. The van der Waals surface area contributed by atoms with Crippen LogP contribution in [0.5, 0.6) is 0 Å². The van der Waals surface area contributed by atoms with E-state index in [-0.39, 0.29) is 24.0 Å². The average Bonchev–Trinajstić information content (AvgIpc) is 2.78. The molecule has 1 heterocycles. The van der Waals surface area contributed by atoms with Crippen molar-refractivity contribution in [3.05, 3.63) is 12.3 Å². The fourth-order valence-electron chi connectivity index (χ4n) is 1.01. The molecule has 0 fully saturated rings. The van der Waals surface area contributed by atoms with Gasteiger partial charge >= 0.3 is 5.97 Å². The molecule has 1 rings (SSSR count). The second kappa shape index (κ2) is 5.61. The van der Waals surface area contributed by atoms with Gasteiger partial charge in [0, 0.05) is 13.0 Å². The van der Waals surface area contributed by atoms with E-state index < -0.39 is 10.0 Å². The summed E-state index contributed by atoms with van der Waals surface area (Å²) in [6.45, 7) is 0.177. The van der Waals surface area contributed by atoms with Crippen molar-refractivity contribution >= 4 is 16.0 Å². The number of hydrogen-bond donors (Lipinski definition) is 2. The molecule has 0 radical (unpaired) electrons. The van der Waals surface area contributed by atoms with Crippen molar-refractivity contribution in [1.29, 1.82) is 0 Å². The number of rotatable bonds is 6. The van der Waals surface area contributed by atoms with Crippen LogP contribution in [0.15, 0.2) is 17.3 Å². The molecule has 1 aromatic rings. The summed E-state index contributed by atoms with van der Waals surface area (Å²) >= 11 is 0. The van der Waals surface area contributed by atoms with Gasteiger partial charge in [-0.15, -0.1) is 0 Å². The summed E-state index contributed by atoms with van der Waals surface area (Å²) in [5.74, 6) is -0.360. The zero-order valence-corrected chi connectivity index (χ0v) is 9.58. The second-order valence-corrected chi connectivity index (χ2v) is 4.73. The van der Waals surface area contributed by atoms with E-state index in [4.69, 9.17) is 0 Å². The van der Waals surface area contributed by atoms with Crippen LogP contribution in [-0.2, 0) is 19.6 Å². The predicted molar refractivity (Wildman–Crippen MR) is 55.0 cm³/mol. The van der Waals surface area contributed by atoms with E-state index in [1.165, 1.54) is 19.4 Å². The van der Waals surface area contributed by atoms with E-state index in [0.29, 0.717) is 6.42 Å². The van der Waals surface area contributed by atoms with Gasteiger partial charge in [-0.2, -0.15) is 5.10 Å². The van der Waals surface area contributed by atoms with Crippen LogP contribution in [0.4, 0.5) is 0 Å².